The molecule has 256 valence electrons. The summed E-state index contributed by atoms with van der Waals surface area (Å²) in [6.07, 6.45) is 0. The van der Waals surface area contributed by atoms with Gasteiger partial charge < -0.3 is 32.3 Å². The molecule has 0 unspecified atom stereocenters. The molecule has 0 N–H and O–H groups in total. The molecule has 0 amide bonds. The summed E-state index contributed by atoms with van der Waals surface area (Å²) in [7, 11) is -1.93. The van der Waals surface area contributed by atoms with E-state index in [9.17, 15) is 0 Å². The second-order valence-electron chi connectivity index (χ2n) is 17.6. The predicted octanol–water partition coefficient (Wildman–Crippen LogP) is 7.28. The largest absolute Gasteiger partial charge is 0.498 e. The molecule has 3 saturated heterocycles. The van der Waals surface area contributed by atoms with Crippen molar-refractivity contribution in [1.29, 1.82) is 0 Å². The molecular formula is C40H45B3O7. The van der Waals surface area contributed by atoms with Gasteiger partial charge >= 0.3 is 21.4 Å². The Kier molecular flexibility index (Phi) is 6.46. The van der Waals surface area contributed by atoms with E-state index in [-0.39, 0.29) is 0 Å². The molecule has 4 aromatic carbocycles. The summed E-state index contributed by atoms with van der Waals surface area (Å²) in [6, 6.07) is 19.5. The zero-order valence-electron chi connectivity index (χ0n) is 31.3. The normalized spacial score (nSPS) is 23.6. The lowest BCUT2D eigenvalue weighted by Gasteiger charge is -2.32. The highest BCUT2D eigenvalue weighted by Crippen LogP contribution is 2.50. The van der Waals surface area contributed by atoms with Crippen molar-refractivity contribution in [3.05, 3.63) is 54.6 Å². The van der Waals surface area contributed by atoms with Crippen LogP contribution in [0.2, 0.25) is 0 Å². The minimum Gasteiger partial charge on any atom is -0.456 e. The van der Waals surface area contributed by atoms with Crippen LogP contribution in [0.4, 0.5) is 0 Å². The number of rotatable bonds is 3. The lowest BCUT2D eigenvalue weighted by Crippen LogP contribution is -2.41. The molecule has 50 heavy (non-hydrogen) atoms. The van der Waals surface area contributed by atoms with E-state index in [0.717, 1.165) is 43.9 Å². The highest BCUT2D eigenvalue weighted by atomic mass is 16.7. The third-order valence-electron chi connectivity index (χ3n) is 12.9. The summed E-state index contributed by atoms with van der Waals surface area (Å²) in [5.74, 6) is 0. The molecule has 1 aromatic heterocycles. The van der Waals surface area contributed by atoms with Gasteiger partial charge in [-0.3, -0.25) is 0 Å². The van der Waals surface area contributed by atoms with Crippen LogP contribution in [-0.4, -0.2) is 55.0 Å². The van der Waals surface area contributed by atoms with Gasteiger partial charge in [-0.15, -0.1) is 0 Å². The second kappa shape index (κ2) is 9.85. The highest BCUT2D eigenvalue weighted by Gasteiger charge is 2.56. The molecule has 3 aliphatic heterocycles. The molecule has 5 aromatic rings. The van der Waals surface area contributed by atoms with Crippen LogP contribution in [0.3, 0.4) is 0 Å². The monoisotopic (exact) mass is 670 g/mol. The van der Waals surface area contributed by atoms with Crippen molar-refractivity contribution in [3.63, 3.8) is 0 Å². The number of benzene rings is 4. The van der Waals surface area contributed by atoms with E-state index in [1.54, 1.807) is 0 Å². The quantitative estimate of drug-likeness (QED) is 0.184. The standard InChI is InChI=1S/C40H45B3O7/c1-35(2)36(3,4)46-41(45-35)23-19-27-32-29(44-34(27)28(20-23)42-47-37(5,6)38(7,8)48-42)21-26-24-17-13-15-22-16-14-18-25(30(22)24)31(26)33(32)43-49-39(9,10)40(11,12)50-43/h13-21H,1-12H3. The molecule has 4 heterocycles. The van der Waals surface area contributed by atoms with E-state index in [4.69, 9.17) is 32.3 Å². The van der Waals surface area contributed by atoms with Crippen LogP contribution in [0, 0.1) is 0 Å². The van der Waals surface area contributed by atoms with Crippen molar-refractivity contribution in [2.24, 2.45) is 0 Å². The number of hydrogen-bond acceptors (Lipinski definition) is 7. The maximum atomic E-state index is 7.00. The van der Waals surface area contributed by atoms with E-state index >= 15 is 0 Å². The summed E-state index contributed by atoms with van der Waals surface area (Å²) in [6.45, 7) is 25.0. The molecule has 0 saturated carbocycles. The van der Waals surface area contributed by atoms with Gasteiger partial charge in [0.15, 0.2) is 0 Å². The molecule has 0 bridgehead atoms. The van der Waals surface area contributed by atoms with Crippen LogP contribution in [0.5, 0.6) is 0 Å². The third-order valence-corrected chi connectivity index (χ3v) is 12.9. The Labute approximate surface area is 295 Å². The van der Waals surface area contributed by atoms with Gasteiger partial charge in [0.05, 0.1) is 33.6 Å². The Morgan fingerprint density at radius 1 is 0.480 bits per heavy atom. The fourth-order valence-electron chi connectivity index (χ4n) is 7.85. The van der Waals surface area contributed by atoms with Crippen LogP contribution in [0.15, 0.2) is 59.0 Å². The fraction of sp³-hybridized carbons (Fsp3) is 0.450. The zero-order chi connectivity index (χ0) is 35.6. The highest BCUT2D eigenvalue weighted by molar-refractivity contribution is 6.71. The molecule has 0 spiro atoms. The molecule has 0 atom stereocenters. The lowest BCUT2D eigenvalue weighted by atomic mass is 9.68. The predicted molar refractivity (Wildman–Crippen MR) is 203 cm³/mol. The summed E-state index contributed by atoms with van der Waals surface area (Å²) in [4.78, 5) is 0. The minimum absolute atomic E-state index is 0.519. The van der Waals surface area contributed by atoms with Crippen LogP contribution in [-0.2, 0) is 27.9 Å². The summed E-state index contributed by atoms with van der Waals surface area (Å²) >= 11 is 0. The molecule has 7 nitrogen and oxygen atoms in total. The molecule has 0 radical (unpaired) electrons. The SMILES string of the molecule is CC1(C)OB(c2cc(B3OC(C)(C)C(C)(C)O3)c3oc4cc5c(c(B6OC(C)(C)C(C)(C)O6)c4c3c2)-c2cccc3cccc-5c23)OC1(C)C. The van der Waals surface area contributed by atoms with Gasteiger partial charge in [0.1, 0.15) is 11.2 Å². The Bertz CT molecular complexity index is 2230. The molecule has 10 heteroatoms. The maximum absolute atomic E-state index is 7.00. The van der Waals surface area contributed by atoms with Crippen molar-refractivity contribution in [2.75, 3.05) is 0 Å². The molecule has 1 aliphatic carbocycles. The van der Waals surface area contributed by atoms with Gasteiger partial charge in [0, 0.05) is 21.7 Å². The van der Waals surface area contributed by atoms with E-state index in [1.165, 1.54) is 21.9 Å². The average Bonchev–Trinajstić information content (AvgIpc) is 3.72. The number of furan rings is 1. The van der Waals surface area contributed by atoms with Crippen molar-refractivity contribution in [3.8, 4) is 22.3 Å². The first-order chi connectivity index (χ1) is 23.2. The summed E-state index contributed by atoms with van der Waals surface area (Å²) < 4.78 is 47.5. The molecular weight excluding hydrogens is 625 g/mol. The van der Waals surface area contributed by atoms with Gasteiger partial charge in [-0.25, -0.2) is 0 Å². The first-order valence-electron chi connectivity index (χ1n) is 17.9. The molecule has 3 fully saturated rings. The van der Waals surface area contributed by atoms with Crippen LogP contribution < -0.4 is 16.4 Å². The molecule has 9 rings (SSSR count). The smallest absolute Gasteiger partial charge is 0.456 e. The average molecular weight is 670 g/mol. The van der Waals surface area contributed by atoms with Crippen LogP contribution in [0.25, 0.3) is 55.0 Å². The second-order valence-corrected chi connectivity index (χ2v) is 17.6. The summed E-state index contributed by atoms with van der Waals surface area (Å²) in [5.41, 5.74) is 5.41. The number of hydrogen-bond donors (Lipinski definition) is 0. The lowest BCUT2D eigenvalue weighted by molar-refractivity contribution is 0.00578. The Morgan fingerprint density at radius 3 is 1.54 bits per heavy atom. The van der Waals surface area contributed by atoms with Gasteiger partial charge in [0.25, 0.3) is 0 Å². The minimum atomic E-state index is -0.674. The van der Waals surface area contributed by atoms with Gasteiger partial charge in [-0.1, -0.05) is 48.5 Å². The van der Waals surface area contributed by atoms with E-state index < -0.39 is 55.0 Å². The van der Waals surface area contributed by atoms with Gasteiger partial charge in [-0.05, 0) is 128 Å². The zero-order valence-corrected chi connectivity index (χ0v) is 31.3. The molecule has 4 aliphatic rings. The number of fused-ring (bicyclic) bond motifs is 6. The van der Waals surface area contributed by atoms with Gasteiger partial charge in [0.2, 0.25) is 0 Å². The summed E-state index contributed by atoms with van der Waals surface area (Å²) in [5, 5.41) is 4.28. The van der Waals surface area contributed by atoms with Crippen LogP contribution >= 0.6 is 0 Å². The van der Waals surface area contributed by atoms with E-state index in [2.05, 4.69) is 138 Å². The van der Waals surface area contributed by atoms with Crippen molar-refractivity contribution >= 4 is 70.5 Å². The van der Waals surface area contributed by atoms with E-state index in [1.807, 2.05) is 0 Å². The van der Waals surface area contributed by atoms with Crippen molar-refractivity contribution < 1.29 is 32.3 Å². The Hall–Kier alpha value is -3.11. The topological polar surface area (TPSA) is 68.5 Å². The van der Waals surface area contributed by atoms with Crippen molar-refractivity contribution in [1.82, 2.24) is 0 Å². The van der Waals surface area contributed by atoms with Gasteiger partial charge in [-0.2, -0.15) is 0 Å². The first-order valence-corrected chi connectivity index (χ1v) is 17.9. The fourth-order valence-corrected chi connectivity index (χ4v) is 7.85. The Balaban J connectivity index is 1.37. The van der Waals surface area contributed by atoms with Crippen LogP contribution in [0.1, 0.15) is 83.1 Å². The maximum Gasteiger partial charge on any atom is 0.498 e. The van der Waals surface area contributed by atoms with E-state index in [0.29, 0.717) is 5.58 Å². The first kappa shape index (κ1) is 32.8. The third kappa shape index (κ3) is 4.30. The Morgan fingerprint density at radius 2 is 0.980 bits per heavy atom. The van der Waals surface area contributed by atoms with Crippen molar-refractivity contribution in [2.45, 2.75) is 117 Å².